The van der Waals surface area contributed by atoms with Crippen molar-refractivity contribution in [3.8, 4) is 0 Å². The van der Waals surface area contributed by atoms with Gasteiger partial charge in [0, 0.05) is 11.8 Å². The van der Waals surface area contributed by atoms with Crippen molar-refractivity contribution in [1.82, 2.24) is 9.78 Å². The molecule has 0 atom stereocenters. The van der Waals surface area contributed by atoms with Crippen LogP contribution in [-0.2, 0) is 17.5 Å². The summed E-state index contributed by atoms with van der Waals surface area (Å²) in [4.78, 5) is 11.4. The number of esters is 1. The van der Waals surface area contributed by atoms with Crippen LogP contribution in [0.3, 0.4) is 0 Å². The molecule has 0 aliphatic rings. The molecule has 0 aliphatic carbocycles. The second kappa shape index (κ2) is 5.78. The molecule has 0 radical (unpaired) electrons. The lowest BCUT2D eigenvalue weighted by Gasteiger charge is -2.07. The van der Waals surface area contributed by atoms with Gasteiger partial charge in [0.2, 0.25) is 0 Å². The third-order valence-electron chi connectivity index (χ3n) is 3.03. The molecule has 4 nitrogen and oxygen atoms in total. The first-order chi connectivity index (χ1) is 10.2. The van der Waals surface area contributed by atoms with Gasteiger partial charge in [0.05, 0.1) is 19.2 Å². The Bertz CT molecular complexity index is 707. The Morgan fingerprint density at radius 3 is 2.59 bits per heavy atom. The monoisotopic (exact) mass is 316 g/mol. The zero-order valence-corrected chi connectivity index (χ0v) is 11.7. The van der Waals surface area contributed by atoms with Crippen LogP contribution in [0, 0.1) is 12.7 Å². The van der Waals surface area contributed by atoms with E-state index >= 15 is 0 Å². The molecule has 0 unspecified atom stereocenters. The van der Waals surface area contributed by atoms with Gasteiger partial charge in [-0.25, -0.2) is 9.18 Å². The molecule has 0 N–H and O–H groups in total. The minimum Gasteiger partial charge on any atom is -0.465 e. The summed E-state index contributed by atoms with van der Waals surface area (Å²) in [7, 11) is 1.11. The number of hydrogen-bond acceptors (Lipinski definition) is 3. The summed E-state index contributed by atoms with van der Waals surface area (Å²) < 4.78 is 57.7. The smallest absolute Gasteiger partial charge is 0.435 e. The van der Waals surface area contributed by atoms with Gasteiger partial charge in [-0.2, -0.15) is 18.3 Å². The quantitative estimate of drug-likeness (QED) is 0.645. The zero-order chi connectivity index (χ0) is 16.5. The minimum atomic E-state index is -4.57. The molecule has 118 valence electrons. The van der Waals surface area contributed by atoms with Gasteiger partial charge in [0.15, 0.2) is 5.69 Å². The van der Waals surface area contributed by atoms with Crippen molar-refractivity contribution in [3.05, 3.63) is 52.6 Å². The van der Waals surface area contributed by atoms with E-state index in [1.54, 1.807) is 0 Å². The maximum atomic E-state index is 14.2. The highest BCUT2D eigenvalue weighted by Gasteiger charge is 2.35. The Labute approximate surface area is 123 Å². The third kappa shape index (κ3) is 3.10. The summed E-state index contributed by atoms with van der Waals surface area (Å²) in [5.74, 6) is -1.69. The first-order valence-corrected chi connectivity index (χ1v) is 6.21. The van der Waals surface area contributed by atoms with Crippen molar-refractivity contribution in [3.63, 3.8) is 0 Å². The normalized spacial score (nSPS) is 11.5. The predicted molar refractivity (Wildman–Crippen MR) is 68.8 cm³/mol. The lowest BCUT2D eigenvalue weighted by Crippen LogP contribution is -2.11. The van der Waals surface area contributed by atoms with E-state index < -0.39 is 23.7 Å². The average Bonchev–Trinajstić information content (AvgIpc) is 2.81. The Hall–Kier alpha value is -2.38. The lowest BCUT2D eigenvalue weighted by atomic mass is 10.1. The first kappa shape index (κ1) is 16.0. The number of aryl methyl sites for hydroxylation is 1. The van der Waals surface area contributed by atoms with E-state index in [4.69, 9.17) is 0 Å². The van der Waals surface area contributed by atoms with Crippen molar-refractivity contribution in [2.24, 2.45) is 0 Å². The SMILES string of the molecule is COC(=O)c1cccc(Cn2cc(C)c(C(F)(F)F)n2)c1F. The topological polar surface area (TPSA) is 44.1 Å². The Balaban J connectivity index is 2.34. The number of carbonyl (C=O) groups excluding carboxylic acids is 1. The second-order valence-corrected chi connectivity index (χ2v) is 4.63. The molecule has 8 heteroatoms. The standard InChI is InChI=1S/C14H12F4N2O2/c1-8-6-20(19-12(8)14(16,17)18)7-9-4-3-5-10(11(9)15)13(21)22-2/h3-6H,7H2,1-2H3. The predicted octanol–water partition coefficient (Wildman–Crippen LogP) is 3.18. The average molecular weight is 316 g/mol. The molecule has 1 heterocycles. The number of halogens is 4. The van der Waals surface area contributed by atoms with E-state index in [2.05, 4.69) is 9.84 Å². The van der Waals surface area contributed by atoms with Crippen molar-refractivity contribution < 1.29 is 27.1 Å². The maximum Gasteiger partial charge on any atom is 0.435 e. The fraction of sp³-hybridized carbons (Fsp3) is 0.286. The summed E-state index contributed by atoms with van der Waals surface area (Å²) >= 11 is 0. The summed E-state index contributed by atoms with van der Waals surface area (Å²) in [6.07, 6.45) is -3.39. The van der Waals surface area contributed by atoms with Gasteiger partial charge in [-0.3, -0.25) is 4.68 Å². The van der Waals surface area contributed by atoms with E-state index in [0.29, 0.717) is 0 Å². The third-order valence-corrected chi connectivity index (χ3v) is 3.03. The summed E-state index contributed by atoms with van der Waals surface area (Å²) in [6, 6.07) is 4.03. The van der Waals surface area contributed by atoms with Crippen LogP contribution in [0.5, 0.6) is 0 Å². The van der Waals surface area contributed by atoms with E-state index in [-0.39, 0.29) is 23.2 Å². The Morgan fingerprint density at radius 2 is 2.05 bits per heavy atom. The zero-order valence-electron chi connectivity index (χ0n) is 11.7. The van der Waals surface area contributed by atoms with Crippen molar-refractivity contribution in [1.29, 1.82) is 0 Å². The van der Waals surface area contributed by atoms with E-state index in [0.717, 1.165) is 11.8 Å². The molecule has 0 saturated heterocycles. The van der Waals surface area contributed by atoms with Gasteiger partial charge in [-0.1, -0.05) is 12.1 Å². The van der Waals surface area contributed by atoms with Gasteiger partial charge < -0.3 is 4.74 Å². The Morgan fingerprint density at radius 1 is 1.36 bits per heavy atom. The van der Waals surface area contributed by atoms with Crippen LogP contribution in [-0.4, -0.2) is 22.9 Å². The molecule has 22 heavy (non-hydrogen) atoms. The highest BCUT2D eigenvalue weighted by molar-refractivity contribution is 5.89. The van der Waals surface area contributed by atoms with E-state index in [1.807, 2.05) is 0 Å². The molecule has 0 fully saturated rings. The number of nitrogens with zero attached hydrogens (tertiary/aromatic N) is 2. The molecule has 2 aromatic rings. The minimum absolute atomic E-state index is 0.0409. The maximum absolute atomic E-state index is 14.2. The van der Waals surface area contributed by atoms with Gasteiger partial charge in [-0.05, 0) is 18.6 Å². The summed E-state index contributed by atoms with van der Waals surface area (Å²) in [5, 5.41) is 3.42. The molecule has 2 rings (SSSR count). The molecular formula is C14H12F4N2O2. The van der Waals surface area contributed by atoms with Crippen LogP contribution in [0.1, 0.15) is 27.2 Å². The highest BCUT2D eigenvalue weighted by atomic mass is 19.4. The van der Waals surface area contributed by atoms with Gasteiger partial charge in [0.25, 0.3) is 0 Å². The summed E-state index contributed by atoms with van der Waals surface area (Å²) in [5.41, 5.74) is -1.31. The number of aromatic nitrogens is 2. The largest absolute Gasteiger partial charge is 0.465 e. The number of alkyl halides is 3. The number of hydrogen-bond donors (Lipinski definition) is 0. The molecular weight excluding hydrogens is 304 g/mol. The number of ether oxygens (including phenoxy) is 1. The lowest BCUT2D eigenvalue weighted by molar-refractivity contribution is -0.141. The second-order valence-electron chi connectivity index (χ2n) is 4.63. The molecule has 0 bridgehead atoms. The van der Waals surface area contributed by atoms with Crippen LogP contribution >= 0.6 is 0 Å². The van der Waals surface area contributed by atoms with Crippen molar-refractivity contribution in [2.45, 2.75) is 19.6 Å². The van der Waals surface area contributed by atoms with E-state index in [1.165, 1.54) is 31.3 Å². The highest BCUT2D eigenvalue weighted by Crippen LogP contribution is 2.30. The molecule has 1 aromatic heterocycles. The Kier molecular flexibility index (Phi) is 4.20. The number of methoxy groups -OCH3 is 1. The fourth-order valence-corrected chi connectivity index (χ4v) is 2.03. The van der Waals surface area contributed by atoms with Crippen LogP contribution in [0.4, 0.5) is 17.6 Å². The molecule has 0 amide bonds. The van der Waals surface area contributed by atoms with Gasteiger partial charge in [-0.15, -0.1) is 0 Å². The number of carbonyl (C=O) groups is 1. The van der Waals surface area contributed by atoms with Crippen LogP contribution < -0.4 is 0 Å². The van der Waals surface area contributed by atoms with Crippen molar-refractivity contribution in [2.75, 3.05) is 7.11 Å². The van der Waals surface area contributed by atoms with Gasteiger partial charge >= 0.3 is 12.1 Å². The van der Waals surface area contributed by atoms with Crippen LogP contribution in [0.15, 0.2) is 24.4 Å². The number of rotatable bonds is 3. The first-order valence-electron chi connectivity index (χ1n) is 6.21. The molecule has 0 aliphatic heterocycles. The van der Waals surface area contributed by atoms with Crippen molar-refractivity contribution >= 4 is 5.97 Å². The van der Waals surface area contributed by atoms with Gasteiger partial charge in [0.1, 0.15) is 5.82 Å². The number of benzene rings is 1. The molecule has 1 aromatic carbocycles. The molecule has 0 saturated carbocycles. The fourth-order valence-electron chi connectivity index (χ4n) is 2.03. The van der Waals surface area contributed by atoms with Crippen LogP contribution in [0.25, 0.3) is 0 Å². The van der Waals surface area contributed by atoms with Crippen LogP contribution in [0.2, 0.25) is 0 Å². The molecule has 0 spiro atoms. The van der Waals surface area contributed by atoms with E-state index in [9.17, 15) is 22.4 Å². The summed E-state index contributed by atoms with van der Waals surface area (Å²) in [6.45, 7) is 1.04.